The molecule has 0 heterocycles. The quantitative estimate of drug-likeness (QED) is 0.0389. The van der Waals surface area contributed by atoms with E-state index < -0.39 is 6.10 Å². The summed E-state index contributed by atoms with van der Waals surface area (Å²) < 4.78 is 23.7. The maximum absolute atomic E-state index is 8.67. The molecule has 0 unspecified atom stereocenters. The molecule has 0 aromatic carbocycles. The van der Waals surface area contributed by atoms with Gasteiger partial charge in [-0.05, 0) is 126 Å². The summed E-state index contributed by atoms with van der Waals surface area (Å²) in [4.78, 5) is 0. The Morgan fingerprint density at radius 1 is 0.208 bits per heavy atom. The van der Waals surface area contributed by atoms with Crippen molar-refractivity contribution in [3.63, 3.8) is 0 Å². The molecule has 0 saturated carbocycles. The Morgan fingerprint density at radius 3 is 0.689 bits per heavy atom. The Kier molecular flexibility index (Phi) is 158. The van der Waals surface area contributed by atoms with E-state index in [1.54, 1.807) is 28.4 Å². The number of hydrogen-bond donors (Lipinski definition) is 24. The maximum atomic E-state index is 8.67. The van der Waals surface area contributed by atoms with Crippen molar-refractivity contribution in [3.05, 3.63) is 0 Å². The monoisotopic (exact) mass is 1570 g/mol. The van der Waals surface area contributed by atoms with Crippen LogP contribution >= 0.6 is 0 Å². The number of aliphatic hydroxyl groups is 24. The van der Waals surface area contributed by atoms with E-state index in [0.29, 0.717) is 50.1 Å². The van der Waals surface area contributed by atoms with Gasteiger partial charge >= 0.3 is 0 Å². The summed E-state index contributed by atoms with van der Waals surface area (Å²) in [5.41, 5.74) is 0. The Morgan fingerprint density at radius 2 is 0.472 bits per heavy atom. The van der Waals surface area contributed by atoms with Crippen LogP contribution in [0.5, 0.6) is 0 Å². The molecule has 660 valence electrons. The molecule has 0 aromatic rings. The molecule has 0 fully saturated rings. The molecule has 0 aromatic heterocycles. The molecule has 0 aliphatic heterocycles. The first-order valence-corrected chi connectivity index (χ1v) is 39.2. The fraction of sp³-hybridized carbons (Fsp3) is 1.00. The van der Waals surface area contributed by atoms with E-state index in [1.165, 1.54) is 20.0 Å². The van der Waals surface area contributed by atoms with E-state index in [0.717, 1.165) is 148 Å². The Bertz CT molecular complexity index is 1190. The van der Waals surface area contributed by atoms with E-state index in [-0.39, 0.29) is 200 Å². The topological polar surface area (TPSA) is 532 Å². The number of unbranched alkanes of at least 4 members (excludes halogenated alkanes) is 3. The summed E-state index contributed by atoms with van der Waals surface area (Å²) in [6.45, 7) is 19.7. The number of methoxy groups -OCH3 is 5. The van der Waals surface area contributed by atoms with E-state index >= 15 is 0 Å². The minimum absolute atomic E-state index is 0.00931. The number of hydrogen-bond acceptors (Lipinski definition) is 29. The van der Waals surface area contributed by atoms with Crippen LogP contribution in [0.4, 0.5) is 0 Å². The molecule has 0 aliphatic rings. The second kappa shape index (κ2) is 127. The standard InChI is InChI=1S/C8H18O3.2C8H18O2.C7H16O3.2C7H16O2.C6H14O3.2C6H14O2.C5H12O3.C5H12O2.C4H10O3/c1-11-7-4-8(2-5-9)3-6-10;1-2-3-8(4-6-9)5-7-10;1-2-3-4-5-8(6-9)7-10;1-10-4-2-3-7(5-8)6-9;1-2-7(3-5-8)4-6-9;1-2-3-4-7(5-8)6-9;1-9-3-2-6(4-7)5-8;1-6(2-4-7)3-5-8;1-2-3-6(4-7)5-8;1-8-4-5(2-6)3-7;1-2-5(3-6)4-7;1-7-4(2-5)3-6/h8-10H,2-7H2,1H3;2*8-10H,2-7H2,1H3;7-9H,2-6H2,1H3;2*7-9H,2-6H2,1H3;6-8H,2-5H2,1H3;2*6-8H,2-5H2,1H3;5-7H,2-4H2,1H3;5-7H,2-4H2,1H3;4-6H,2-3H2,1H3. The van der Waals surface area contributed by atoms with Gasteiger partial charge in [-0.3, -0.25) is 0 Å². The molecule has 24 N–H and O–H groups in total. The Hall–Kier alpha value is -1.16. The van der Waals surface area contributed by atoms with E-state index in [9.17, 15) is 0 Å². The smallest absolute Gasteiger partial charge is 0.103 e. The molecular weight excluding hydrogens is 1390 g/mol. The molecule has 0 aliphatic carbocycles. The molecule has 0 bridgehead atoms. The third-order valence-electron chi connectivity index (χ3n) is 16.4. The van der Waals surface area contributed by atoms with Gasteiger partial charge in [-0.2, -0.15) is 0 Å². The number of aliphatic hydroxyl groups excluding tert-OH is 24. The van der Waals surface area contributed by atoms with Gasteiger partial charge in [0.25, 0.3) is 0 Å². The summed E-state index contributed by atoms with van der Waals surface area (Å²) in [6.07, 6.45) is 23.3. The highest BCUT2D eigenvalue weighted by Gasteiger charge is 2.10. The average Bonchev–Trinajstić information content (AvgIpc) is 2.29. The van der Waals surface area contributed by atoms with Crippen molar-refractivity contribution in [2.24, 2.45) is 65.1 Å². The molecule has 0 radical (unpaired) electrons. The van der Waals surface area contributed by atoms with Crippen LogP contribution < -0.4 is 0 Å². The molecule has 0 atom stereocenters. The minimum Gasteiger partial charge on any atom is -0.396 e. The van der Waals surface area contributed by atoms with Crippen LogP contribution in [0.15, 0.2) is 0 Å². The molecule has 0 amide bonds. The van der Waals surface area contributed by atoms with Gasteiger partial charge in [-0.25, -0.2) is 0 Å². The van der Waals surface area contributed by atoms with Crippen LogP contribution in [0.3, 0.4) is 0 Å². The summed E-state index contributed by atoms with van der Waals surface area (Å²) in [6, 6.07) is 0. The van der Waals surface area contributed by atoms with Gasteiger partial charge in [0.05, 0.1) is 33.0 Å². The van der Waals surface area contributed by atoms with E-state index in [2.05, 4.69) is 37.2 Å². The highest BCUT2D eigenvalue weighted by Crippen LogP contribution is 2.15. The molecule has 0 rings (SSSR count). The summed E-state index contributed by atoms with van der Waals surface area (Å²) in [5.74, 6) is 2.27. The largest absolute Gasteiger partial charge is 0.396 e. The molecule has 0 saturated heterocycles. The van der Waals surface area contributed by atoms with Crippen molar-refractivity contribution in [1.29, 1.82) is 0 Å². The van der Waals surface area contributed by atoms with E-state index in [4.69, 9.17) is 137 Å². The lowest BCUT2D eigenvalue weighted by atomic mass is 9.97. The van der Waals surface area contributed by atoms with Crippen molar-refractivity contribution >= 4 is 0 Å². The third-order valence-corrected chi connectivity index (χ3v) is 16.4. The van der Waals surface area contributed by atoms with Crippen LogP contribution in [0.2, 0.25) is 0 Å². The van der Waals surface area contributed by atoms with Gasteiger partial charge in [0.2, 0.25) is 0 Å². The lowest BCUT2D eigenvalue weighted by Crippen LogP contribution is -2.19. The molecule has 106 heavy (non-hydrogen) atoms. The predicted octanol–water partition coefficient (Wildman–Crippen LogP) is 2.92. The Balaban J connectivity index is -0.0000000911. The van der Waals surface area contributed by atoms with Crippen molar-refractivity contribution in [2.75, 3.05) is 221 Å². The zero-order valence-electron chi connectivity index (χ0n) is 69.2. The van der Waals surface area contributed by atoms with Gasteiger partial charge in [-0.15, -0.1) is 0 Å². The predicted molar refractivity (Wildman–Crippen MR) is 422 cm³/mol. The normalized spacial score (nSPS) is 10.6. The van der Waals surface area contributed by atoms with Crippen molar-refractivity contribution in [2.45, 2.75) is 215 Å². The zero-order chi connectivity index (χ0) is 83.9. The summed E-state index contributed by atoms with van der Waals surface area (Å²) >= 11 is 0. The first-order valence-electron chi connectivity index (χ1n) is 39.2. The Labute approximate surface area is 644 Å². The minimum atomic E-state index is -0.403. The van der Waals surface area contributed by atoms with Crippen molar-refractivity contribution in [1.82, 2.24) is 0 Å². The van der Waals surface area contributed by atoms with Crippen LogP contribution in [0.25, 0.3) is 0 Å². The van der Waals surface area contributed by atoms with Gasteiger partial charge in [-0.1, -0.05) is 106 Å². The highest BCUT2D eigenvalue weighted by atomic mass is 16.5. The first-order chi connectivity index (χ1) is 51.1. The molecular formula is C77H178O29. The SMILES string of the molecule is CC(CCO)CCO.CCC(CCO)CCO.CCC(CO)CO.CCCC(CCO)CCO.CCCC(CO)CO.CCCCC(CO)CO.CCCCCC(CO)CO.COC(CO)CO.COCC(CO)CO.COCCC(CCO)CCO.COCCC(CO)CO.COCCCC(CO)CO. The van der Waals surface area contributed by atoms with Crippen molar-refractivity contribution < 1.29 is 146 Å². The molecule has 29 nitrogen and oxygen atoms in total. The third kappa shape index (κ3) is 126. The zero-order valence-corrected chi connectivity index (χ0v) is 69.2. The van der Waals surface area contributed by atoms with Gasteiger partial charge in [0.1, 0.15) is 6.10 Å². The van der Waals surface area contributed by atoms with E-state index in [1.807, 2.05) is 20.8 Å². The van der Waals surface area contributed by atoms with Crippen LogP contribution in [0, 0.1) is 65.1 Å². The highest BCUT2D eigenvalue weighted by molar-refractivity contribution is 4.61. The maximum Gasteiger partial charge on any atom is 0.103 e. The summed E-state index contributed by atoms with van der Waals surface area (Å²) in [7, 11) is 7.89. The first kappa shape index (κ1) is 131. The second-order valence-electron chi connectivity index (χ2n) is 25.8. The number of ether oxygens (including phenoxy) is 5. The lowest BCUT2D eigenvalue weighted by molar-refractivity contribution is 0.00933. The van der Waals surface area contributed by atoms with Crippen molar-refractivity contribution in [3.8, 4) is 0 Å². The molecule has 0 spiro atoms. The number of rotatable bonds is 58. The van der Waals surface area contributed by atoms with Crippen LogP contribution in [-0.2, 0) is 23.7 Å². The second-order valence-corrected chi connectivity index (χ2v) is 25.8. The van der Waals surface area contributed by atoms with Crippen LogP contribution in [0.1, 0.15) is 209 Å². The van der Waals surface area contributed by atoms with Crippen LogP contribution in [-0.4, -0.2) is 349 Å². The fourth-order valence-corrected chi connectivity index (χ4v) is 8.30. The summed E-state index contributed by atoms with van der Waals surface area (Å²) in [5, 5.41) is 204. The fourth-order valence-electron chi connectivity index (χ4n) is 8.30. The van der Waals surface area contributed by atoms with Gasteiger partial charge in [0.15, 0.2) is 0 Å². The lowest BCUT2D eigenvalue weighted by Gasteiger charge is -2.12. The van der Waals surface area contributed by atoms with Gasteiger partial charge < -0.3 is 146 Å². The average molecular weight is 1570 g/mol. The molecule has 29 heteroatoms. The van der Waals surface area contributed by atoms with Gasteiger partial charge in [0, 0.05) is 229 Å².